The summed E-state index contributed by atoms with van der Waals surface area (Å²) < 4.78 is 5.23. The number of ether oxygens (including phenoxy) is 1. The van der Waals surface area contributed by atoms with Gasteiger partial charge in [-0.15, -0.1) is 0 Å². The molecule has 76 valence electrons. The zero-order valence-corrected chi connectivity index (χ0v) is 9.16. The fraction of sp³-hybridized carbons (Fsp3) is 0.538. The molecule has 1 saturated carbocycles. The van der Waals surface area contributed by atoms with Crippen molar-refractivity contribution in [3.8, 4) is 5.75 Å². The molecule has 2 atom stereocenters. The molecule has 0 saturated heterocycles. The molecule has 1 aromatic carbocycles. The molecule has 0 N–H and O–H groups in total. The highest BCUT2D eigenvalue weighted by Gasteiger charge is 2.40. The first-order valence-electron chi connectivity index (χ1n) is 5.36. The Kier molecular flexibility index (Phi) is 2.49. The normalized spacial score (nSPS) is 25.1. The van der Waals surface area contributed by atoms with E-state index in [9.17, 15) is 0 Å². The summed E-state index contributed by atoms with van der Waals surface area (Å²) in [5.41, 5.74) is 1.45. The molecule has 14 heavy (non-hydrogen) atoms. The topological polar surface area (TPSA) is 9.23 Å². The van der Waals surface area contributed by atoms with E-state index >= 15 is 0 Å². The van der Waals surface area contributed by atoms with Crippen LogP contribution in [0.15, 0.2) is 24.3 Å². The lowest BCUT2D eigenvalue weighted by atomic mass is 10.0. The minimum absolute atomic E-state index is 0.782. The third-order valence-corrected chi connectivity index (χ3v) is 3.22. The fourth-order valence-electron chi connectivity index (χ4n) is 2.21. The Morgan fingerprint density at radius 3 is 2.71 bits per heavy atom. The number of methoxy groups -OCH3 is 1. The van der Waals surface area contributed by atoms with Crippen LogP contribution >= 0.6 is 0 Å². The fourth-order valence-corrected chi connectivity index (χ4v) is 2.21. The van der Waals surface area contributed by atoms with Crippen molar-refractivity contribution < 1.29 is 4.74 Å². The summed E-state index contributed by atoms with van der Waals surface area (Å²) in [7, 11) is 1.73. The van der Waals surface area contributed by atoms with Crippen molar-refractivity contribution in [2.24, 2.45) is 11.8 Å². The lowest BCUT2D eigenvalue weighted by Crippen LogP contribution is -1.92. The minimum Gasteiger partial charge on any atom is -0.497 e. The summed E-state index contributed by atoms with van der Waals surface area (Å²) in [6.07, 6.45) is 1.35. The molecule has 2 rings (SSSR count). The van der Waals surface area contributed by atoms with Gasteiger partial charge in [-0.25, -0.2) is 0 Å². The van der Waals surface area contributed by atoms with E-state index in [4.69, 9.17) is 4.74 Å². The molecule has 0 heterocycles. The predicted octanol–water partition coefficient (Wildman–Crippen LogP) is 3.45. The van der Waals surface area contributed by atoms with E-state index in [0.717, 1.165) is 23.5 Å². The molecule has 0 spiro atoms. The van der Waals surface area contributed by atoms with Crippen molar-refractivity contribution in [3.05, 3.63) is 29.8 Å². The highest BCUT2D eigenvalue weighted by Crippen LogP contribution is 2.51. The van der Waals surface area contributed by atoms with Crippen LogP contribution in [0.2, 0.25) is 0 Å². The quantitative estimate of drug-likeness (QED) is 0.709. The summed E-state index contributed by atoms with van der Waals surface area (Å²) in [6.45, 7) is 4.62. The van der Waals surface area contributed by atoms with Crippen LogP contribution in [-0.2, 0) is 0 Å². The third-order valence-electron chi connectivity index (χ3n) is 3.22. The van der Waals surface area contributed by atoms with Crippen molar-refractivity contribution in [2.75, 3.05) is 7.11 Å². The molecule has 1 nitrogen and oxygen atoms in total. The first-order valence-corrected chi connectivity index (χ1v) is 5.36. The average molecular weight is 190 g/mol. The summed E-state index contributed by atoms with van der Waals surface area (Å²) >= 11 is 0. The second-order valence-corrected chi connectivity index (χ2v) is 4.53. The summed E-state index contributed by atoms with van der Waals surface area (Å²) in [6, 6.07) is 8.49. The zero-order valence-electron chi connectivity index (χ0n) is 9.16. The monoisotopic (exact) mass is 190 g/mol. The van der Waals surface area contributed by atoms with E-state index in [0.29, 0.717) is 0 Å². The summed E-state index contributed by atoms with van der Waals surface area (Å²) in [5, 5.41) is 0. The van der Waals surface area contributed by atoms with Gasteiger partial charge in [0.1, 0.15) is 5.75 Å². The van der Waals surface area contributed by atoms with Gasteiger partial charge in [0.25, 0.3) is 0 Å². The van der Waals surface area contributed by atoms with Crippen molar-refractivity contribution in [1.29, 1.82) is 0 Å². The molecule has 1 heteroatoms. The molecule has 0 aliphatic heterocycles. The minimum atomic E-state index is 0.782. The van der Waals surface area contributed by atoms with Crippen LogP contribution in [0.1, 0.15) is 31.7 Å². The van der Waals surface area contributed by atoms with E-state index in [1.165, 1.54) is 12.0 Å². The van der Waals surface area contributed by atoms with Crippen LogP contribution in [0.3, 0.4) is 0 Å². The third kappa shape index (κ3) is 1.77. The number of rotatable bonds is 3. The van der Waals surface area contributed by atoms with Gasteiger partial charge in [-0.05, 0) is 41.9 Å². The summed E-state index contributed by atoms with van der Waals surface area (Å²) in [4.78, 5) is 0. The van der Waals surface area contributed by atoms with E-state index < -0.39 is 0 Å². The van der Waals surface area contributed by atoms with Crippen LogP contribution in [0.5, 0.6) is 5.75 Å². The molecular weight excluding hydrogens is 172 g/mol. The van der Waals surface area contributed by atoms with Gasteiger partial charge in [0, 0.05) is 0 Å². The maximum absolute atomic E-state index is 5.23. The number of benzene rings is 1. The molecule has 1 fully saturated rings. The standard InChI is InChI=1S/C13H18O/c1-9(2)12-8-13(12)10-5-4-6-11(7-10)14-3/h4-7,9,12-13H,8H2,1-3H3. The SMILES string of the molecule is COc1cccc(C2CC2C(C)C)c1. The van der Waals surface area contributed by atoms with Gasteiger partial charge >= 0.3 is 0 Å². The molecule has 1 aromatic rings. The highest BCUT2D eigenvalue weighted by atomic mass is 16.5. The van der Waals surface area contributed by atoms with E-state index in [1.54, 1.807) is 7.11 Å². The Labute approximate surface area is 86.1 Å². The number of hydrogen-bond acceptors (Lipinski definition) is 1. The lowest BCUT2D eigenvalue weighted by Gasteiger charge is -2.05. The van der Waals surface area contributed by atoms with Crippen LogP contribution in [-0.4, -0.2) is 7.11 Å². The first kappa shape index (κ1) is 9.57. The van der Waals surface area contributed by atoms with Gasteiger partial charge < -0.3 is 4.74 Å². The predicted molar refractivity (Wildman–Crippen MR) is 58.7 cm³/mol. The molecule has 0 aromatic heterocycles. The average Bonchev–Trinajstić information content (AvgIpc) is 2.97. The van der Waals surface area contributed by atoms with Crippen LogP contribution in [0, 0.1) is 11.8 Å². The molecule has 0 amide bonds. The number of hydrogen-bond donors (Lipinski definition) is 0. The first-order chi connectivity index (χ1) is 6.72. The van der Waals surface area contributed by atoms with Crippen LogP contribution in [0.25, 0.3) is 0 Å². The molecular formula is C13H18O. The second kappa shape index (κ2) is 3.64. The largest absolute Gasteiger partial charge is 0.497 e. The van der Waals surface area contributed by atoms with Gasteiger partial charge in [-0.2, -0.15) is 0 Å². The molecule has 0 bridgehead atoms. The molecule has 2 unspecified atom stereocenters. The molecule has 1 aliphatic carbocycles. The van der Waals surface area contributed by atoms with E-state index in [-0.39, 0.29) is 0 Å². The van der Waals surface area contributed by atoms with Gasteiger partial charge in [0.2, 0.25) is 0 Å². The Morgan fingerprint density at radius 2 is 2.14 bits per heavy atom. The van der Waals surface area contributed by atoms with Crippen LogP contribution in [0.4, 0.5) is 0 Å². The van der Waals surface area contributed by atoms with Crippen molar-refractivity contribution >= 4 is 0 Å². The van der Waals surface area contributed by atoms with Gasteiger partial charge in [-0.1, -0.05) is 26.0 Å². The van der Waals surface area contributed by atoms with Gasteiger partial charge in [0.05, 0.1) is 7.11 Å². The van der Waals surface area contributed by atoms with Gasteiger partial charge in [-0.3, -0.25) is 0 Å². The van der Waals surface area contributed by atoms with Crippen LogP contribution < -0.4 is 4.74 Å². The van der Waals surface area contributed by atoms with Crippen molar-refractivity contribution in [2.45, 2.75) is 26.2 Å². The Bertz CT molecular complexity index is 317. The molecule has 0 radical (unpaired) electrons. The van der Waals surface area contributed by atoms with Gasteiger partial charge in [0.15, 0.2) is 0 Å². The highest BCUT2D eigenvalue weighted by molar-refractivity contribution is 5.34. The Morgan fingerprint density at radius 1 is 1.36 bits per heavy atom. The Hall–Kier alpha value is -0.980. The van der Waals surface area contributed by atoms with Crippen molar-refractivity contribution in [1.82, 2.24) is 0 Å². The molecule has 1 aliphatic rings. The van der Waals surface area contributed by atoms with E-state index in [1.807, 2.05) is 6.07 Å². The summed E-state index contributed by atoms with van der Waals surface area (Å²) in [5.74, 6) is 3.47. The zero-order chi connectivity index (χ0) is 10.1. The maximum Gasteiger partial charge on any atom is 0.119 e. The second-order valence-electron chi connectivity index (χ2n) is 4.53. The lowest BCUT2D eigenvalue weighted by molar-refractivity contribution is 0.414. The smallest absolute Gasteiger partial charge is 0.119 e. The Balaban J connectivity index is 2.11. The maximum atomic E-state index is 5.23. The van der Waals surface area contributed by atoms with E-state index in [2.05, 4.69) is 32.0 Å². The van der Waals surface area contributed by atoms with Crippen molar-refractivity contribution in [3.63, 3.8) is 0 Å².